The Hall–Kier alpha value is -3.35. The van der Waals surface area contributed by atoms with Crippen molar-refractivity contribution in [3.8, 4) is 11.5 Å². The number of imide groups is 1. The van der Waals surface area contributed by atoms with Gasteiger partial charge in [0.15, 0.2) is 0 Å². The van der Waals surface area contributed by atoms with Gasteiger partial charge in [-0.25, -0.2) is 0 Å². The second-order valence-electron chi connectivity index (χ2n) is 5.45. The SMILES string of the molecule is COc1ccc(NC(=O)c2ccc3c(c2)C(=O)N(C)C3=O)c(OC)c1. The first kappa shape index (κ1) is 16.5. The first-order valence-electron chi connectivity index (χ1n) is 7.46. The van der Waals surface area contributed by atoms with Gasteiger partial charge in [-0.1, -0.05) is 0 Å². The largest absolute Gasteiger partial charge is 0.497 e. The fourth-order valence-electron chi connectivity index (χ4n) is 2.60. The van der Waals surface area contributed by atoms with Crippen molar-refractivity contribution in [1.82, 2.24) is 4.90 Å². The molecule has 1 aliphatic rings. The van der Waals surface area contributed by atoms with E-state index in [-0.39, 0.29) is 17.0 Å². The van der Waals surface area contributed by atoms with E-state index in [0.29, 0.717) is 22.7 Å². The molecule has 7 heteroatoms. The monoisotopic (exact) mass is 340 g/mol. The minimum absolute atomic E-state index is 0.224. The van der Waals surface area contributed by atoms with Crippen molar-refractivity contribution in [2.75, 3.05) is 26.6 Å². The molecular weight excluding hydrogens is 324 g/mol. The van der Waals surface area contributed by atoms with Crippen LogP contribution in [-0.4, -0.2) is 43.9 Å². The first-order valence-corrected chi connectivity index (χ1v) is 7.46. The molecule has 1 N–H and O–H groups in total. The molecule has 0 unspecified atom stereocenters. The highest BCUT2D eigenvalue weighted by Crippen LogP contribution is 2.30. The van der Waals surface area contributed by atoms with Crippen LogP contribution in [0.5, 0.6) is 11.5 Å². The number of benzene rings is 2. The van der Waals surface area contributed by atoms with Gasteiger partial charge in [-0.3, -0.25) is 19.3 Å². The molecular formula is C18H16N2O5. The maximum Gasteiger partial charge on any atom is 0.261 e. The van der Waals surface area contributed by atoms with Gasteiger partial charge in [-0.2, -0.15) is 0 Å². The Morgan fingerprint density at radius 2 is 1.68 bits per heavy atom. The van der Waals surface area contributed by atoms with Gasteiger partial charge in [0.1, 0.15) is 11.5 Å². The van der Waals surface area contributed by atoms with E-state index in [1.54, 1.807) is 18.2 Å². The highest BCUT2D eigenvalue weighted by Gasteiger charge is 2.33. The molecule has 0 saturated heterocycles. The third-order valence-corrected chi connectivity index (χ3v) is 4.01. The Morgan fingerprint density at radius 3 is 2.36 bits per heavy atom. The van der Waals surface area contributed by atoms with E-state index in [1.165, 1.54) is 39.5 Å². The van der Waals surface area contributed by atoms with Crippen LogP contribution in [0, 0.1) is 0 Å². The number of ether oxygens (including phenoxy) is 2. The summed E-state index contributed by atoms with van der Waals surface area (Å²) in [4.78, 5) is 37.5. The lowest BCUT2D eigenvalue weighted by Crippen LogP contribution is -2.24. The van der Waals surface area contributed by atoms with Crippen molar-refractivity contribution in [2.45, 2.75) is 0 Å². The lowest BCUT2D eigenvalue weighted by Gasteiger charge is -2.12. The summed E-state index contributed by atoms with van der Waals surface area (Å²) >= 11 is 0. The van der Waals surface area contributed by atoms with Crippen LogP contribution >= 0.6 is 0 Å². The summed E-state index contributed by atoms with van der Waals surface area (Å²) in [5.41, 5.74) is 1.26. The fraction of sp³-hybridized carbons (Fsp3) is 0.167. The Labute approximate surface area is 144 Å². The van der Waals surface area contributed by atoms with Crippen LogP contribution in [0.2, 0.25) is 0 Å². The summed E-state index contributed by atoms with van der Waals surface area (Å²) in [6.07, 6.45) is 0. The molecule has 0 aliphatic carbocycles. The molecule has 25 heavy (non-hydrogen) atoms. The Morgan fingerprint density at radius 1 is 0.960 bits per heavy atom. The van der Waals surface area contributed by atoms with E-state index >= 15 is 0 Å². The fourth-order valence-corrected chi connectivity index (χ4v) is 2.60. The Balaban J connectivity index is 1.88. The zero-order valence-corrected chi connectivity index (χ0v) is 14.0. The molecule has 0 spiro atoms. The van der Waals surface area contributed by atoms with Crippen LogP contribution in [0.4, 0.5) is 5.69 Å². The highest BCUT2D eigenvalue weighted by atomic mass is 16.5. The Kier molecular flexibility index (Phi) is 4.14. The quantitative estimate of drug-likeness (QED) is 0.863. The summed E-state index contributed by atoms with van der Waals surface area (Å²) in [5, 5.41) is 2.73. The third-order valence-electron chi connectivity index (χ3n) is 4.01. The molecule has 0 aromatic heterocycles. The van der Waals surface area contributed by atoms with E-state index in [4.69, 9.17) is 9.47 Å². The topological polar surface area (TPSA) is 84.9 Å². The van der Waals surface area contributed by atoms with Crippen molar-refractivity contribution < 1.29 is 23.9 Å². The lowest BCUT2D eigenvalue weighted by atomic mass is 10.1. The van der Waals surface area contributed by atoms with Crippen LogP contribution in [0.15, 0.2) is 36.4 Å². The van der Waals surface area contributed by atoms with Crippen LogP contribution in [-0.2, 0) is 0 Å². The normalized spacial score (nSPS) is 12.8. The number of rotatable bonds is 4. The van der Waals surface area contributed by atoms with Crippen molar-refractivity contribution in [2.24, 2.45) is 0 Å². The van der Waals surface area contributed by atoms with E-state index in [2.05, 4.69) is 5.32 Å². The number of fused-ring (bicyclic) bond motifs is 1. The van der Waals surface area contributed by atoms with Crippen LogP contribution in [0.3, 0.4) is 0 Å². The van der Waals surface area contributed by atoms with Gasteiger partial charge in [0.2, 0.25) is 0 Å². The number of nitrogens with one attached hydrogen (secondary N) is 1. The van der Waals surface area contributed by atoms with Gasteiger partial charge in [-0.15, -0.1) is 0 Å². The zero-order valence-electron chi connectivity index (χ0n) is 14.0. The zero-order chi connectivity index (χ0) is 18.1. The molecule has 1 heterocycles. The molecule has 0 bridgehead atoms. The summed E-state index contributed by atoms with van der Waals surface area (Å²) in [7, 11) is 4.43. The third kappa shape index (κ3) is 2.80. The summed E-state index contributed by atoms with van der Waals surface area (Å²) in [6, 6.07) is 9.41. The molecule has 7 nitrogen and oxygen atoms in total. The second-order valence-corrected chi connectivity index (χ2v) is 5.45. The van der Waals surface area contributed by atoms with Crippen molar-refractivity contribution in [1.29, 1.82) is 0 Å². The molecule has 0 saturated carbocycles. The highest BCUT2D eigenvalue weighted by molar-refractivity contribution is 6.22. The van der Waals surface area contributed by atoms with Gasteiger partial charge in [0.05, 0.1) is 31.0 Å². The van der Waals surface area contributed by atoms with Gasteiger partial charge in [0.25, 0.3) is 17.7 Å². The number of amides is 3. The van der Waals surface area contributed by atoms with Crippen molar-refractivity contribution in [3.05, 3.63) is 53.1 Å². The molecule has 0 fully saturated rings. The smallest absolute Gasteiger partial charge is 0.261 e. The molecule has 3 amide bonds. The summed E-state index contributed by atoms with van der Waals surface area (Å²) in [5.74, 6) is -0.166. The molecule has 3 rings (SSSR count). The average molecular weight is 340 g/mol. The summed E-state index contributed by atoms with van der Waals surface area (Å²) in [6.45, 7) is 0. The minimum Gasteiger partial charge on any atom is -0.497 e. The molecule has 0 atom stereocenters. The van der Waals surface area contributed by atoms with Crippen molar-refractivity contribution >= 4 is 23.4 Å². The lowest BCUT2D eigenvalue weighted by molar-refractivity contribution is 0.0693. The molecule has 2 aromatic rings. The number of hydrogen-bond donors (Lipinski definition) is 1. The minimum atomic E-state index is -0.420. The first-order chi connectivity index (χ1) is 12.0. The van der Waals surface area contributed by atoms with Gasteiger partial charge < -0.3 is 14.8 Å². The number of methoxy groups -OCH3 is 2. The number of carbonyl (C=O) groups is 3. The van der Waals surface area contributed by atoms with Crippen LogP contribution in [0.25, 0.3) is 0 Å². The predicted molar refractivity (Wildman–Crippen MR) is 90.4 cm³/mol. The van der Waals surface area contributed by atoms with Gasteiger partial charge in [-0.05, 0) is 30.3 Å². The molecule has 0 radical (unpaired) electrons. The van der Waals surface area contributed by atoms with Crippen molar-refractivity contribution in [3.63, 3.8) is 0 Å². The Bertz CT molecular complexity index is 891. The van der Waals surface area contributed by atoms with Crippen LogP contribution < -0.4 is 14.8 Å². The van der Waals surface area contributed by atoms with E-state index in [1.807, 2.05) is 0 Å². The summed E-state index contributed by atoms with van der Waals surface area (Å²) < 4.78 is 10.4. The maximum absolute atomic E-state index is 12.5. The predicted octanol–water partition coefficient (Wildman–Crippen LogP) is 2.18. The van der Waals surface area contributed by atoms with Gasteiger partial charge >= 0.3 is 0 Å². The standard InChI is InChI=1S/C18H16N2O5/c1-20-17(22)12-6-4-10(8-13(12)18(20)23)16(21)19-14-7-5-11(24-2)9-15(14)25-3/h4-9H,1-3H3,(H,19,21). The molecule has 128 valence electrons. The average Bonchev–Trinajstić information content (AvgIpc) is 2.86. The molecule has 2 aromatic carbocycles. The molecule has 1 aliphatic heterocycles. The maximum atomic E-state index is 12.5. The van der Waals surface area contributed by atoms with E-state index in [9.17, 15) is 14.4 Å². The number of anilines is 1. The van der Waals surface area contributed by atoms with Crippen LogP contribution in [0.1, 0.15) is 31.1 Å². The number of nitrogens with zero attached hydrogens (tertiary/aromatic N) is 1. The van der Waals surface area contributed by atoms with E-state index in [0.717, 1.165) is 4.90 Å². The van der Waals surface area contributed by atoms with Gasteiger partial charge in [0, 0.05) is 18.7 Å². The van der Waals surface area contributed by atoms with E-state index < -0.39 is 11.8 Å². The second kappa shape index (κ2) is 6.27. The number of carbonyl (C=O) groups excluding carboxylic acids is 3. The number of hydrogen-bond acceptors (Lipinski definition) is 5.